The number of nitrogens with one attached hydrogen (secondary N) is 1. The van der Waals surface area contributed by atoms with E-state index < -0.39 is 0 Å². The lowest BCUT2D eigenvalue weighted by molar-refractivity contribution is -0.131. The van der Waals surface area contributed by atoms with Crippen molar-refractivity contribution in [3.8, 4) is 0 Å². The first-order valence-corrected chi connectivity index (χ1v) is 7.13. The number of rotatable bonds is 6. The third-order valence-electron chi connectivity index (χ3n) is 3.86. The Hall–Kier alpha value is -0.320. The summed E-state index contributed by atoms with van der Waals surface area (Å²) in [6, 6.07) is 0. The molecule has 0 spiro atoms. The maximum absolute atomic E-state index is 11.5. The molecular weight excluding hydrogens is 264 g/mol. The quantitative estimate of drug-likeness (QED) is 0.786. The lowest BCUT2D eigenvalue weighted by Crippen LogP contribution is -2.38. The molecule has 1 saturated carbocycles. The fourth-order valence-corrected chi connectivity index (χ4v) is 2.75. The van der Waals surface area contributed by atoms with E-state index in [2.05, 4.69) is 26.1 Å². The van der Waals surface area contributed by atoms with Gasteiger partial charge in [-0.25, -0.2) is 0 Å². The molecule has 0 bridgehead atoms. The SMILES string of the molecule is CC1CCC(C(C)C)C(OCC(=O)NCCN)C1.Cl. The average Bonchev–Trinajstić information content (AvgIpc) is 2.33. The Morgan fingerprint density at radius 1 is 1.42 bits per heavy atom. The van der Waals surface area contributed by atoms with E-state index in [0.717, 1.165) is 6.42 Å². The average molecular weight is 293 g/mol. The molecule has 114 valence electrons. The summed E-state index contributed by atoms with van der Waals surface area (Å²) in [6.45, 7) is 7.91. The molecule has 0 aromatic rings. The highest BCUT2D eigenvalue weighted by atomic mass is 35.5. The highest BCUT2D eigenvalue weighted by molar-refractivity contribution is 5.85. The van der Waals surface area contributed by atoms with Gasteiger partial charge in [0.05, 0.1) is 6.10 Å². The monoisotopic (exact) mass is 292 g/mol. The smallest absolute Gasteiger partial charge is 0.246 e. The molecule has 3 N–H and O–H groups in total. The van der Waals surface area contributed by atoms with Gasteiger partial charge in [0, 0.05) is 13.1 Å². The third-order valence-corrected chi connectivity index (χ3v) is 3.86. The first-order valence-electron chi connectivity index (χ1n) is 7.13. The minimum atomic E-state index is -0.0545. The van der Waals surface area contributed by atoms with Gasteiger partial charge in [-0.2, -0.15) is 0 Å². The predicted octanol–water partition coefficient (Wildman–Crippen LogP) is 1.96. The van der Waals surface area contributed by atoms with Crippen molar-refractivity contribution >= 4 is 18.3 Å². The van der Waals surface area contributed by atoms with E-state index in [1.807, 2.05) is 0 Å². The Bertz CT molecular complexity index is 262. The van der Waals surface area contributed by atoms with Crippen LogP contribution in [0.3, 0.4) is 0 Å². The fraction of sp³-hybridized carbons (Fsp3) is 0.929. The van der Waals surface area contributed by atoms with Crippen molar-refractivity contribution in [2.45, 2.75) is 46.1 Å². The van der Waals surface area contributed by atoms with Crippen molar-refractivity contribution < 1.29 is 9.53 Å². The molecule has 5 heteroatoms. The van der Waals surface area contributed by atoms with Crippen LogP contribution in [0.4, 0.5) is 0 Å². The summed E-state index contributed by atoms with van der Waals surface area (Å²) in [5.41, 5.74) is 5.34. The largest absolute Gasteiger partial charge is 0.368 e. The molecule has 1 fully saturated rings. The van der Waals surface area contributed by atoms with Gasteiger partial charge in [0.25, 0.3) is 0 Å². The Morgan fingerprint density at radius 2 is 2.11 bits per heavy atom. The van der Waals surface area contributed by atoms with Gasteiger partial charge in [-0.1, -0.05) is 27.2 Å². The topological polar surface area (TPSA) is 64.3 Å². The van der Waals surface area contributed by atoms with Crippen molar-refractivity contribution in [1.29, 1.82) is 0 Å². The van der Waals surface area contributed by atoms with Gasteiger partial charge in [-0.05, 0) is 30.6 Å². The molecule has 1 rings (SSSR count). The first kappa shape index (κ1) is 18.7. The summed E-state index contributed by atoms with van der Waals surface area (Å²) in [5.74, 6) is 1.86. The molecular formula is C14H29ClN2O2. The number of amides is 1. The van der Waals surface area contributed by atoms with Crippen LogP contribution in [0, 0.1) is 17.8 Å². The lowest BCUT2D eigenvalue weighted by Gasteiger charge is -2.37. The highest BCUT2D eigenvalue weighted by Gasteiger charge is 2.31. The number of carbonyl (C=O) groups is 1. The molecule has 3 unspecified atom stereocenters. The van der Waals surface area contributed by atoms with Crippen LogP contribution < -0.4 is 11.1 Å². The summed E-state index contributed by atoms with van der Waals surface area (Å²) in [4.78, 5) is 11.5. The molecule has 1 amide bonds. The predicted molar refractivity (Wildman–Crippen MR) is 80.4 cm³/mol. The highest BCUT2D eigenvalue weighted by Crippen LogP contribution is 2.35. The van der Waals surface area contributed by atoms with E-state index in [9.17, 15) is 4.79 Å². The van der Waals surface area contributed by atoms with E-state index in [1.54, 1.807) is 0 Å². The van der Waals surface area contributed by atoms with Gasteiger partial charge >= 0.3 is 0 Å². The van der Waals surface area contributed by atoms with Gasteiger partial charge in [-0.3, -0.25) is 4.79 Å². The van der Waals surface area contributed by atoms with E-state index in [-0.39, 0.29) is 31.0 Å². The van der Waals surface area contributed by atoms with Crippen molar-refractivity contribution in [1.82, 2.24) is 5.32 Å². The number of hydrogen-bond acceptors (Lipinski definition) is 3. The third kappa shape index (κ3) is 6.59. The first-order chi connectivity index (χ1) is 8.54. The van der Waals surface area contributed by atoms with E-state index in [0.29, 0.717) is 30.8 Å². The molecule has 0 aromatic heterocycles. The summed E-state index contributed by atoms with van der Waals surface area (Å²) in [5, 5.41) is 2.74. The normalized spacial score (nSPS) is 26.9. The van der Waals surface area contributed by atoms with Crippen molar-refractivity contribution in [2.75, 3.05) is 19.7 Å². The summed E-state index contributed by atoms with van der Waals surface area (Å²) in [6.07, 6.45) is 3.81. The molecule has 19 heavy (non-hydrogen) atoms. The number of carbonyl (C=O) groups excluding carboxylic acids is 1. The second-order valence-electron chi connectivity index (χ2n) is 5.81. The van der Waals surface area contributed by atoms with E-state index in [1.165, 1.54) is 12.8 Å². The molecule has 0 radical (unpaired) electrons. The minimum Gasteiger partial charge on any atom is -0.368 e. The van der Waals surface area contributed by atoms with Crippen LogP contribution in [0.25, 0.3) is 0 Å². The number of hydrogen-bond donors (Lipinski definition) is 2. The Kier molecular flexibility index (Phi) is 9.40. The Morgan fingerprint density at radius 3 is 2.68 bits per heavy atom. The molecule has 0 aliphatic heterocycles. The van der Waals surface area contributed by atoms with Crippen LogP contribution in [0.2, 0.25) is 0 Å². The van der Waals surface area contributed by atoms with Crippen LogP contribution >= 0.6 is 12.4 Å². The standard InChI is InChI=1S/C14H28N2O2.ClH/c1-10(2)12-5-4-11(3)8-13(12)18-9-14(17)16-7-6-15;/h10-13H,4-9,15H2,1-3H3,(H,16,17);1H. The Labute approximate surface area is 123 Å². The van der Waals surface area contributed by atoms with Gasteiger partial charge < -0.3 is 15.8 Å². The maximum atomic E-state index is 11.5. The van der Waals surface area contributed by atoms with E-state index >= 15 is 0 Å². The molecule has 1 aliphatic carbocycles. The summed E-state index contributed by atoms with van der Waals surface area (Å²) >= 11 is 0. The van der Waals surface area contributed by atoms with Crippen LogP contribution in [-0.2, 0) is 9.53 Å². The molecule has 1 aliphatic rings. The number of halogens is 1. The second-order valence-corrected chi connectivity index (χ2v) is 5.81. The van der Waals surface area contributed by atoms with Crippen molar-refractivity contribution in [3.05, 3.63) is 0 Å². The van der Waals surface area contributed by atoms with Gasteiger partial charge in [-0.15, -0.1) is 12.4 Å². The number of nitrogens with two attached hydrogens (primary N) is 1. The molecule has 3 atom stereocenters. The van der Waals surface area contributed by atoms with E-state index in [4.69, 9.17) is 10.5 Å². The van der Waals surface area contributed by atoms with Crippen molar-refractivity contribution in [2.24, 2.45) is 23.5 Å². The minimum absolute atomic E-state index is 0. The Balaban J connectivity index is 0.00000324. The van der Waals surface area contributed by atoms with Crippen LogP contribution in [0.15, 0.2) is 0 Å². The van der Waals surface area contributed by atoms with Crippen molar-refractivity contribution in [3.63, 3.8) is 0 Å². The van der Waals surface area contributed by atoms with Gasteiger partial charge in [0.2, 0.25) is 5.91 Å². The van der Waals surface area contributed by atoms with Crippen LogP contribution in [0.1, 0.15) is 40.0 Å². The zero-order valence-electron chi connectivity index (χ0n) is 12.4. The molecule has 0 saturated heterocycles. The van der Waals surface area contributed by atoms with Gasteiger partial charge in [0.15, 0.2) is 0 Å². The summed E-state index contributed by atoms with van der Waals surface area (Å²) < 4.78 is 5.83. The van der Waals surface area contributed by atoms with Crippen LogP contribution in [-0.4, -0.2) is 31.7 Å². The fourth-order valence-electron chi connectivity index (χ4n) is 2.75. The lowest BCUT2D eigenvalue weighted by atomic mass is 9.75. The van der Waals surface area contributed by atoms with Crippen LogP contribution in [0.5, 0.6) is 0 Å². The zero-order chi connectivity index (χ0) is 13.5. The maximum Gasteiger partial charge on any atom is 0.246 e. The number of ether oxygens (including phenoxy) is 1. The zero-order valence-corrected chi connectivity index (χ0v) is 13.2. The molecule has 0 heterocycles. The molecule has 4 nitrogen and oxygen atoms in total. The molecule has 0 aromatic carbocycles. The summed E-state index contributed by atoms with van der Waals surface area (Å²) in [7, 11) is 0. The van der Waals surface area contributed by atoms with Gasteiger partial charge in [0.1, 0.15) is 6.61 Å². The second kappa shape index (κ2) is 9.56.